The van der Waals surface area contributed by atoms with E-state index in [2.05, 4.69) is 48.5 Å². The number of rotatable bonds is 80. The van der Waals surface area contributed by atoms with Gasteiger partial charge < -0.3 is 33.8 Å². The van der Waals surface area contributed by atoms with Crippen molar-refractivity contribution in [2.45, 2.75) is 446 Å². The van der Waals surface area contributed by atoms with Crippen molar-refractivity contribution in [3.63, 3.8) is 0 Å². The maximum atomic E-state index is 13.1. The fraction of sp³-hybridized carbons (Fsp3) is 0.951. The molecule has 0 bridgehead atoms. The maximum absolute atomic E-state index is 13.1. The second-order valence-corrected chi connectivity index (χ2v) is 33.1. The van der Waals surface area contributed by atoms with Crippen molar-refractivity contribution in [1.82, 2.24) is 0 Å². The third-order valence-electron chi connectivity index (χ3n) is 20.2. The molecule has 0 aromatic rings. The second-order valence-electron chi connectivity index (χ2n) is 30.2. The third-order valence-corrected chi connectivity index (χ3v) is 22.1. The van der Waals surface area contributed by atoms with Gasteiger partial charge in [0, 0.05) is 25.7 Å². The van der Waals surface area contributed by atoms with E-state index in [-0.39, 0.29) is 25.7 Å². The van der Waals surface area contributed by atoms with E-state index >= 15 is 0 Å². The Morgan fingerprint density at radius 1 is 0.277 bits per heavy atom. The van der Waals surface area contributed by atoms with Crippen molar-refractivity contribution in [1.29, 1.82) is 0 Å². The lowest BCUT2D eigenvalue weighted by atomic mass is 9.99. The van der Waals surface area contributed by atoms with Crippen molar-refractivity contribution in [3.05, 3.63) is 0 Å². The summed E-state index contributed by atoms with van der Waals surface area (Å²) in [6.07, 6.45) is 60.7. The summed E-state index contributed by atoms with van der Waals surface area (Å²) in [6, 6.07) is 0. The van der Waals surface area contributed by atoms with Gasteiger partial charge in [-0.1, -0.05) is 376 Å². The minimum absolute atomic E-state index is 0.107. The average molecular weight is 1480 g/mol. The molecule has 3 N–H and O–H groups in total. The zero-order valence-corrected chi connectivity index (χ0v) is 68.2. The van der Waals surface area contributed by atoms with E-state index in [1.165, 1.54) is 238 Å². The van der Waals surface area contributed by atoms with Crippen LogP contribution in [0.4, 0.5) is 0 Å². The van der Waals surface area contributed by atoms with Gasteiger partial charge in [-0.15, -0.1) is 0 Å². The Morgan fingerprint density at radius 2 is 0.475 bits per heavy atom. The zero-order chi connectivity index (χ0) is 74.4. The second kappa shape index (κ2) is 72.3. The van der Waals surface area contributed by atoms with Crippen molar-refractivity contribution >= 4 is 39.5 Å². The molecule has 0 saturated heterocycles. The van der Waals surface area contributed by atoms with E-state index < -0.39 is 97.5 Å². The minimum atomic E-state index is -4.96. The van der Waals surface area contributed by atoms with Crippen LogP contribution in [0.15, 0.2) is 0 Å². The molecule has 0 aliphatic carbocycles. The summed E-state index contributed by atoms with van der Waals surface area (Å²) in [5.41, 5.74) is 0. The first kappa shape index (κ1) is 99.1. The molecule has 0 spiro atoms. The van der Waals surface area contributed by atoms with Crippen LogP contribution in [0.1, 0.15) is 427 Å². The summed E-state index contributed by atoms with van der Waals surface area (Å²) in [6.45, 7) is 12.1. The van der Waals surface area contributed by atoms with Gasteiger partial charge in [0.1, 0.15) is 19.3 Å². The number of phosphoric acid groups is 2. The fourth-order valence-electron chi connectivity index (χ4n) is 12.6. The molecule has 0 heterocycles. The van der Waals surface area contributed by atoms with Crippen molar-refractivity contribution in [2.75, 3.05) is 39.6 Å². The number of esters is 4. The summed E-state index contributed by atoms with van der Waals surface area (Å²) >= 11 is 0. The quantitative estimate of drug-likeness (QED) is 0.0222. The van der Waals surface area contributed by atoms with Crippen LogP contribution in [0.25, 0.3) is 0 Å². The number of unbranched alkanes of at least 4 members (excludes halogenated alkanes) is 45. The van der Waals surface area contributed by atoms with Gasteiger partial charge in [-0.2, -0.15) is 0 Å². The summed E-state index contributed by atoms with van der Waals surface area (Å²) in [5, 5.41) is 10.7. The predicted molar refractivity (Wildman–Crippen MR) is 414 cm³/mol. The Bertz CT molecular complexity index is 1960. The van der Waals surface area contributed by atoms with Gasteiger partial charge in [0.2, 0.25) is 0 Å². The Hall–Kier alpha value is -1.94. The van der Waals surface area contributed by atoms with Gasteiger partial charge in [-0.05, 0) is 43.4 Å². The van der Waals surface area contributed by atoms with Crippen molar-refractivity contribution < 1.29 is 80.2 Å². The standard InChI is InChI=1S/C82H160O17P2/c1-8-12-13-14-15-16-17-22-30-35-44-51-58-65-81(86)99-78(70-93-80(85)64-57-50-43-38-37-41-48-55-62-75(7)11-4)72-97-101(90,91)95-68-76(83)67-94-100(88,89)96-71-77(98-82(87)66-59-52-45-36-31-26-21-19-24-28-33-40-47-54-61-74(6)10-3)69-92-79(84)63-56-49-42-34-29-25-20-18-23-27-32-39-46-53-60-73(5)9-2/h73-78,83H,8-72H2,1-7H3,(H,88,89)(H,90,91)/t73?,74?,75?,76-,77-,78-/m1/s1. The number of aliphatic hydroxyl groups is 1. The van der Waals surface area contributed by atoms with Crippen LogP contribution in [0.3, 0.4) is 0 Å². The first-order valence-electron chi connectivity index (χ1n) is 42.5. The van der Waals surface area contributed by atoms with Gasteiger partial charge >= 0.3 is 39.5 Å². The third kappa shape index (κ3) is 72.1. The first-order valence-corrected chi connectivity index (χ1v) is 45.5. The smallest absolute Gasteiger partial charge is 0.462 e. The lowest BCUT2D eigenvalue weighted by molar-refractivity contribution is -0.161. The number of hydrogen-bond acceptors (Lipinski definition) is 15. The largest absolute Gasteiger partial charge is 0.472 e. The van der Waals surface area contributed by atoms with Crippen LogP contribution in [0, 0.1) is 17.8 Å². The summed E-state index contributed by atoms with van der Waals surface area (Å²) < 4.78 is 68.8. The molecule has 0 rings (SSSR count). The Morgan fingerprint density at radius 3 is 0.703 bits per heavy atom. The highest BCUT2D eigenvalue weighted by atomic mass is 31.2. The van der Waals surface area contributed by atoms with E-state index in [1.54, 1.807) is 0 Å². The summed E-state index contributed by atoms with van der Waals surface area (Å²) in [7, 11) is -9.92. The van der Waals surface area contributed by atoms with Crippen molar-refractivity contribution in [2.24, 2.45) is 17.8 Å². The highest BCUT2D eigenvalue weighted by molar-refractivity contribution is 7.47. The van der Waals surface area contributed by atoms with Crippen LogP contribution in [-0.2, 0) is 65.4 Å². The van der Waals surface area contributed by atoms with Crippen LogP contribution in [0.5, 0.6) is 0 Å². The maximum Gasteiger partial charge on any atom is 0.472 e. The lowest BCUT2D eigenvalue weighted by Crippen LogP contribution is -2.30. The van der Waals surface area contributed by atoms with Gasteiger partial charge in [0.25, 0.3) is 0 Å². The van der Waals surface area contributed by atoms with E-state index in [9.17, 15) is 43.2 Å². The van der Waals surface area contributed by atoms with Gasteiger partial charge in [-0.25, -0.2) is 9.13 Å². The molecule has 0 saturated carbocycles. The molecule has 0 amide bonds. The molecule has 5 unspecified atom stereocenters. The molecule has 19 heteroatoms. The Kier molecular flexibility index (Phi) is 70.9. The average Bonchev–Trinajstić information content (AvgIpc) is 0.946. The highest BCUT2D eigenvalue weighted by Gasteiger charge is 2.30. The van der Waals surface area contributed by atoms with Crippen LogP contribution in [-0.4, -0.2) is 96.7 Å². The number of carbonyl (C=O) groups excluding carboxylic acids is 4. The fourth-order valence-corrected chi connectivity index (χ4v) is 14.1. The monoisotopic (exact) mass is 1480 g/mol. The Balaban J connectivity index is 5.27. The molecule has 0 fully saturated rings. The summed E-state index contributed by atoms with van der Waals surface area (Å²) in [5.74, 6) is 0.366. The molecule has 0 aromatic heterocycles. The van der Waals surface area contributed by atoms with E-state index in [4.69, 9.17) is 37.0 Å². The summed E-state index contributed by atoms with van der Waals surface area (Å²) in [4.78, 5) is 73.1. The van der Waals surface area contributed by atoms with E-state index in [0.29, 0.717) is 25.7 Å². The predicted octanol–water partition coefficient (Wildman–Crippen LogP) is 24.5. The topological polar surface area (TPSA) is 237 Å². The molecule has 0 aliphatic rings. The number of hydrogen-bond donors (Lipinski definition) is 3. The van der Waals surface area contributed by atoms with Crippen molar-refractivity contribution in [3.8, 4) is 0 Å². The Labute approximate surface area is 619 Å². The van der Waals surface area contributed by atoms with E-state index in [0.717, 1.165) is 108 Å². The number of carbonyl (C=O) groups is 4. The molecule has 17 nitrogen and oxygen atoms in total. The molecular formula is C82H160O17P2. The first-order chi connectivity index (χ1) is 48.8. The molecular weight excluding hydrogens is 1320 g/mol. The molecule has 600 valence electrons. The molecule has 0 aliphatic heterocycles. The van der Waals surface area contributed by atoms with Crippen LogP contribution < -0.4 is 0 Å². The van der Waals surface area contributed by atoms with Gasteiger partial charge in [0.15, 0.2) is 12.2 Å². The minimum Gasteiger partial charge on any atom is -0.462 e. The number of aliphatic hydroxyl groups excluding tert-OH is 1. The lowest BCUT2D eigenvalue weighted by Gasteiger charge is -2.21. The van der Waals surface area contributed by atoms with Gasteiger partial charge in [-0.3, -0.25) is 37.3 Å². The van der Waals surface area contributed by atoms with Crippen LogP contribution >= 0.6 is 15.6 Å². The number of phosphoric ester groups is 2. The SMILES string of the molecule is CCCCCCCCCCCCCCCC(=O)O[C@H](COC(=O)CCCCCCCCCCC(C)CC)COP(=O)(O)OC[C@H](O)COP(=O)(O)OC[C@@H](COC(=O)CCCCCCCCCCCCCCCCC(C)CC)OC(=O)CCCCCCCCCCCCCCCCC(C)CC. The molecule has 0 radical (unpaired) electrons. The zero-order valence-electron chi connectivity index (χ0n) is 66.4. The van der Waals surface area contributed by atoms with Crippen LogP contribution in [0.2, 0.25) is 0 Å². The molecule has 0 aromatic carbocycles. The molecule has 101 heavy (non-hydrogen) atoms. The van der Waals surface area contributed by atoms with Gasteiger partial charge in [0.05, 0.1) is 26.4 Å². The highest BCUT2D eigenvalue weighted by Crippen LogP contribution is 2.45. The molecule has 8 atom stereocenters. The number of ether oxygens (including phenoxy) is 4. The normalized spacial score (nSPS) is 14.8. The van der Waals surface area contributed by atoms with E-state index in [1.807, 2.05) is 0 Å².